The van der Waals surface area contributed by atoms with Gasteiger partial charge in [-0.15, -0.1) is 0 Å². The van der Waals surface area contributed by atoms with Crippen LogP contribution in [0.2, 0.25) is 0 Å². The molecule has 1 N–H and O–H groups in total. The van der Waals surface area contributed by atoms with Crippen LogP contribution in [0.5, 0.6) is 0 Å². The number of rotatable bonds is 4. The highest BCUT2D eigenvalue weighted by Crippen LogP contribution is 2.44. The average molecular weight is 282 g/mol. The van der Waals surface area contributed by atoms with Crippen LogP contribution < -0.4 is 4.90 Å². The first kappa shape index (κ1) is 12.9. The molecular weight excluding hydrogens is 264 g/mol. The number of nitrogens with zero attached hydrogens (tertiary/aromatic N) is 2. The van der Waals surface area contributed by atoms with Crippen molar-refractivity contribution in [3.05, 3.63) is 10.6 Å². The van der Waals surface area contributed by atoms with Gasteiger partial charge < -0.3 is 14.7 Å². The van der Waals surface area contributed by atoms with Gasteiger partial charge in [-0.25, -0.2) is 9.78 Å². The van der Waals surface area contributed by atoms with Crippen LogP contribution >= 0.6 is 11.3 Å². The summed E-state index contributed by atoms with van der Waals surface area (Å²) in [5.41, 5.74) is 0.807. The number of carboxylic acids is 1. The molecule has 1 aliphatic carbocycles. The highest BCUT2D eigenvalue weighted by Gasteiger charge is 2.33. The standard InChI is InChI=1S/C13H18N2O3S/c1-18-9-4-6-15(7-5-9)13-14-10(8-2-3-8)11(19-13)12(16)17/h8-9H,2-7H2,1H3,(H,16,17). The molecule has 1 aliphatic heterocycles. The van der Waals surface area contributed by atoms with E-state index in [9.17, 15) is 9.90 Å². The molecule has 104 valence electrons. The number of hydrogen-bond acceptors (Lipinski definition) is 5. The lowest BCUT2D eigenvalue weighted by atomic mass is 10.1. The molecule has 0 amide bonds. The number of carbonyl (C=O) groups is 1. The van der Waals surface area contributed by atoms with E-state index in [4.69, 9.17) is 4.74 Å². The number of piperidine rings is 1. The maximum Gasteiger partial charge on any atom is 0.347 e. The maximum absolute atomic E-state index is 11.3. The lowest BCUT2D eigenvalue weighted by molar-refractivity contribution is 0.0700. The van der Waals surface area contributed by atoms with Crippen LogP contribution in [0.4, 0.5) is 5.13 Å². The van der Waals surface area contributed by atoms with E-state index in [1.807, 2.05) is 0 Å². The fraction of sp³-hybridized carbons (Fsp3) is 0.692. The molecule has 0 atom stereocenters. The molecule has 5 nitrogen and oxygen atoms in total. The first-order valence-corrected chi connectivity index (χ1v) is 7.52. The Kier molecular flexibility index (Phi) is 3.45. The van der Waals surface area contributed by atoms with Crippen LogP contribution in [-0.4, -0.2) is 42.4 Å². The molecule has 1 aromatic rings. The van der Waals surface area contributed by atoms with Crippen LogP contribution in [0.1, 0.15) is 47.0 Å². The summed E-state index contributed by atoms with van der Waals surface area (Å²) in [7, 11) is 1.75. The summed E-state index contributed by atoms with van der Waals surface area (Å²) in [5, 5.41) is 10.1. The molecule has 0 aromatic carbocycles. The van der Waals surface area contributed by atoms with Crippen molar-refractivity contribution >= 4 is 22.4 Å². The van der Waals surface area contributed by atoms with Gasteiger partial charge in [0.1, 0.15) is 4.88 Å². The third-order valence-electron chi connectivity index (χ3n) is 3.85. The van der Waals surface area contributed by atoms with Gasteiger partial charge in [0.2, 0.25) is 0 Å². The van der Waals surface area contributed by atoms with Crippen LogP contribution in [0.3, 0.4) is 0 Å². The Morgan fingerprint density at radius 2 is 2.05 bits per heavy atom. The fourth-order valence-corrected chi connectivity index (χ4v) is 3.57. The van der Waals surface area contributed by atoms with Crippen LogP contribution in [-0.2, 0) is 4.74 Å². The summed E-state index contributed by atoms with van der Waals surface area (Å²) in [6, 6.07) is 0. The minimum Gasteiger partial charge on any atom is -0.477 e. The Bertz CT molecular complexity index is 476. The molecule has 2 aliphatic rings. The van der Waals surface area contributed by atoms with Gasteiger partial charge in [0.15, 0.2) is 5.13 Å². The normalized spacial score (nSPS) is 20.8. The number of hydrogen-bond donors (Lipinski definition) is 1. The zero-order chi connectivity index (χ0) is 13.4. The molecule has 1 saturated carbocycles. The number of methoxy groups -OCH3 is 1. The lowest BCUT2D eigenvalue weighted by Crippen LogP contribution is -2.36. The molecular formula is C13H18N2O3S. The quantitative estimate of drug-likeness (QED) is 0.918. The number of aromatic carboxylic acids is 1. The molecule has 0 unspecified atom stereocenters. The van der Waals surface area contributed by atoms with E-state index in [1.165, 1.54) is 11.3 Å². The van der Waals surface area contributed by atoms with Gasteiger partial charge >= 0.3 is 5.97 Å². The Labute approximate surface area is 116 Å². The SMILES string of the molecule is COC1CCN(c2nc(C3CC3)c(C(=O)O)s2)CC1. The summed E-state index contributed by atoms with van der Waals surface area (Å²) in [6.45, 7) is 1.80. The number of carboxylic acid groups (broad SMARTS) is 1. The summed E-state index contributed by atoms with van der Waals surface area (Å²) in [4.78, 5) is 18.5. The average Bonchev–Trinajstić information content (AvgIpc) is 3.17. The lowest BCUT2D eigenvalue weighted by Gasteiger charge is -2.30. The minimum atomic E-state index is -0.836. The topological polar surface area (TPSA) is 62.7 Å². The van der Waals surface area contributed by atoms with Gasteiger partial charge in [-0.05, 0) is 25.7 Å². The minimum absolute atomic E-state index is 0.332. The maximum atomic E-state index is 11.3. The number of ether oxygens (including phenoxy) is 1. The van der Waals surface area contributed by atoms with Crippen molar-refractivity contribution in [1.29, 1.82) is 0 Å². The molecule has 2 heterocycles. The van der Waals surface area contributed by atoms with Crippen molar-refractivity contribution in [2.75, 3.05) is 25.1 Å². The number of thiazole rings is 1. The summed E-state index contributed by atoms with van der Waals surface area (Å²) in [5.74, 6) is -0.454. The number of anilines is 1. The van der Waals surface area contributed by atoms with E-state index in [-0.39, 0.29) is 0 Å². The first-order chi connectivity index (χ1) is 9.19. The second-order valence-corrected chi connectivity index (χ2v) is 6.19. The van der Waals surface area contributed by atoms with Crippen LogP contribution in [0, 0.1) is 0 Å². The first-order valence-electron chi connectivity index (χ1n) is 6.70. The summed E-state index contributed by atoms with van der Waals surface area (Å²) < 4.78 is 5.35. The van der Waals surface area contributed by atoms with E-state index in [0.29, 0.717) is 16.9 Å². The van der Waals surface area contributed by atoms with Crippen molar-refractivity contribution in [3.8, 4) is 0 Å². The smallest absolute Gasteiger partial charge is 0.347 e. The summed E-state index contributed by atoms with van der Waals surface area (Å²) in [6.07, 6.45) is 4.46. The molecule has 6 heteroatoms. The van der Waals surface area contributed by atoms with Gasteiger partial charge in [0.25, 0.3) is 0 Å². The largest absolute Gasteiger partial charge is 0.477 e. The molecule has 0 bridgehead atoms. The van der Waals surface area contributed by atoms with Gasteiger partial charge in [0, 0.05) is 26.1 Å². The van der Waals surface area contributed by atoms with Crippen molar-refractivity contribution < 1.29 is 14.6 Å². The van der Waals surface area contributed by atoms with Crippen LogP contribution in [0.15, 0.2) is 0 Å². The van der Waals surface area contributed by atoms with Gasteiger partial charge in [0.05, 0.1) is 11.8 Å². The Balaban J connectivity index is 1.78. The second-order valence-electron chi connectivity index (χ2n) is 5.21. The third-order valence-corrected chi connectivity index (χ3v) is 4.97. The van der Waals surface area contributed by atoms with Crippen molar-refractivity contribution in [2.45, 2.75) is 37.7 Å². The molecule has 19 heavy (non-hydrogen) atoms. The van der Waals surface area contributed by atoms with E-state index in [0.717, 1.165) is 49.6 Å². The fourth-order valence-electron chi connectivity index (χ4n) is 2.52. The third kappa shape index (κ3) is 2.60. The molecule has 1 saturated heterocycles. The number of aromatic nitrogens is 1. The molecule has 0 radical (unpaired) electrons. The van der Waals surface area contributed by atoms with Crippen molar-refractivity contribution in [1.82, 2.24) is 4.98 Å². The van der Waals surface area contributed by atoms with E-state index >= 15 is 0 Å². The Morgan fingerprint density at radius 1 is 1.37 bits per heavy atom. The van der Waals surface area contributed by atoms with Crippen molar-refractivity contribution in [2.24, 2.45) is 0 Å². The highest BCUT2D eigenvalue weighted by molar-refractivity contribution is 7.17. The van der Waals surface area contributed by atoms with Gasteiger partial charge in [-0.1, -0.05) is 11.3 Å². The van der Waals surface area contributed by atoms with E-state index in [2.05, 4.69) is 9.88 Å². The molecule has 3 rings (SSSR count). The van der Waals surface area contributed by atoms with Crippen molar-refractivity contribution in [3.63, 3.8) is 0 Å². The van der Waals surface area contributed by atoms with Gasteiger partial charge in [-0.3, -0.25) is 0 Å². The molecule has 0 spiro atoms. The van der Waals surface area contributed by atoms with E-state index < -0.39 is 5.97 Å². The predicted octanol–water partition coefficient (Wildman–Crippen LogP) is 2.33. The highest BCUT2D eigenvalue weighted by atomic mass is 32.1. The molecule has 2 fully saturated rings. The summed E-state index contributed by atoms with van der Waals surface area (Å²) >= 11 is 1.33. The molecule has 1 aromatic heterocycles. The predicted molar refractivity (Wildman–Crippen MR) is 73.3 cm³/mol. The zero-order valence-corrected chi connectivity index (χ0v) is 11.8. The van der Waals surface area contributed by atoms with Gasteiger partial charge in [-0.2, -0.15) is 0 Å². The van der Waals surface area contributed by atoms with E-state index in [1.54, 1.807) is 7.11 Å². The zero-order valence-electron chi connectivity index (χ0n) is 11.0. The second kappa shape index (κ2) is 5.09. The van der Waals surface area contributed by atoms with Crippen LogP contribution in [0.25, 0.3) is 0 Å². The Morgan fingerprint density at radius 3 is 2.58 bits per heavy atom. The monoisotopic (exact) mass is 282 g/mol. The Hall–Kier alpha value is -1.14.